The first-order valence-corrected chi connectivity index (χ1v) is 6.06. The summed E-state index contributed by atoms with van der Waals surface area (Å²) in [6.45, 7) is 1.84. The van der Waals surface area contributed by atoms with Gasteiger partial charge < -0.3 is 5.11 Å². The van der Waals surface area contributed by atoms with Crippen LogP contribution in [-0.2, 0) is 6.61 Å². The van der Waals surface area contributed by atoms with E-state index >= 15 is 0 Å². The SMILES string of the molecule is Cc1cc(CO)nc(-c2cc(Br)cs2)n1. The zero-order chi connectivity index (χ0) is 10.8. The van der Waals surface area contributed by atoms with Crippen LogP contribution in [0.3, 0.4) is 0 Å². The predicted molar refractivity (Wildman–Crippen MR) is 63.7 cm³/mol. The Morgan fingerprint density at radius 1 is 1.40 bits per heavy atom. The van der Waals surface area contributed by atoms with Crippen molar-refractivity contribution in [3.05, 3.63) is 33.4 Å². The Morgan fingerprint density at radius 3 is 2.80 bits per heavy atom. The van der Waals surface area contributed by atoms with Crippen molar-refractivity contribution in [2.24, 2.45) is 0 Å². The topological polar surface area (TPSA) is 46.0 Å². The number of aromatic nitrogens is 2. The molecule has 0 fully saturated rings. The number of nitrogens with zero attached hydrogens (tertiary/aromatic N) is 2. The Hall–Kier alpha value is -0.780. The first-order chi connectivity index (χ1) is 7.19. The Morgan fingerprint density at radius 2 is 2.20 bits per heavy atom. The van der Waals surface area contributed by atoms with E-state index in [0.717, 1.165) is 15.0 Å². The number of aliphatic hydroxyl groups is 1. The number of thiophene rings is 1. The molecule has 0 spiro atoms. The van der Waals surface area contributed by atoms with E-state index in [0.29, 0.717) is 11.5 Å². The Bertz CT molecular complexity index is 484. The molecule has 0 aliphatic heterocycles. The molecule has 1 N–H and O–H groups in total. The lowest BCUT2D eigenvalue weighted by molar-refractivity contribution is 0.276. The molecular weight excluding hydrogens is 276 g/mol. The molecule has 3 nitrogen and oxygen atoms in total. The van der Waals surface area contributed by atoms with Crippen molar-refractivity contribution in [2.45, 2.75) is 13.5 Å². The summed E-state index contributed by atoms with van der Waals surface area (Å²) in [6, 6.07) is 3.76. The third-order valence-corrected chi connectivity index (χ3v) is 3.54. The minimum atomic E-state index is -0.0527. The second-order valence-electron chi connectivity index (χ2n) is 3.11. The van der Waals surface area contributed by atoms with Gasteiger partial charge in [0, 0.05) is 15.5 Å². The molecule has 2 aromatic heterocycles. The molecule has 0 aromatic carbocycles. The van der Waals surface area contributed by atoms with Gasteiger partial charge in [-0.05, 0) is 35.0 Å². The molecule has 0 saturated heterocycles. The minimum Gasteiger partial charge on any atom is -0.390 e. The molecule has 0 unspecified atom stereocenters. The molecule has 2 heterocycles. The molecule has 2 aromatic rings. The largest absolute Gasteiger partial charge is 0.390 e. The van der Waals surface area contributed by atoms with E-state index in [2.05, 4.69) is 25.9 Å². The fourth-order valence-electron chi connectivity index (χ4n) is 1.26. The van der Waals surface area contributed by atoms with Crippen LogP contribution in [0.15, 0.2) is 22.0 Å². The van der Waals surface area contributed by atoms with E-state index in [-0.39, 0.29) is 6.61 Å². The van der Waals surface area contributed by atoms with E-state index in [9.17, 15) is 0 Å². The van der Waals surface area contributed by atoms with Crippen molar-refractivity contribution in [2.75, 3.05) is 0 Å². The Labute approximate surface area is 100.0 Å². The highest BCUT2D eigenvalue weighted by Gasteiger charge is 2.06. The highest BCUT2D eigenvalue weighted by atomic mass is 79.9. The van der Waals surface area contributed by atoms with Gasteiger partial charge in [-0.2, -0.15) is 0 Å². The van der Waals surface area contributed by atoms with Crippen molar-refractivity contribution >= 4 is 27.3 Å². The second kappa shape index (κ2) is 4.38. The number of halogens is 1. The third kappa shape index (κ3) is 2.42. The first kappa shape index (κ1) is 10.7. The van der Waals surface area contributed by atoms with Gasteiger partial charge in [-0.3, -0.25) is 0 Å². The van der Waals surface area contributed by atoms with Gasteiger partial charge >= 0.3 is 0 Å². The predicted octanol–water partition coefficient (Wildman–Crippen LogP) is 2.77. The lowest BCUT2D eigenvalue weighted by atomic mass is 10.3. The molecule has 0 aliphatic carbocycles. The average molecular weight is 285 g/mol. The molecule has 0 radical (unpaired) electrons. The minimum absolute atomic E-state index is 0.0527. The molecule has 0 aliphatic rings. The van der Waals surface area contributed by atoms with Crippen LogP contribution < -0.4 is 0 Å². The van der Waals surface area contributed by atoms with Crippen LogP contribution in [0.1, 0.15) is 11.4 Å². The van der Waals surface area contributed by atoms with Gasteiger partial charge in [0.15, 0.2) is 5.82 Å². The van der Waals surface area contributed by atoms with Crippen molar-refractivity contribution in [1.29, 1.82) is 0 Å². The van der Waals surface area contributed by atoms with E-state index in [1.54, 1.807) is 17.4 Å². The molecule has 5 heteroatoms. The van der Waals surface area contributed by atoms with E-state index in [4.69, 9.17) is 5.11 Å². The maximum absolute atomic E-state index is 9.04. The summed E-state index contributed by atoms with van der Waals surface area (Å²) in [5.74, 6) is 0.676. The number of hydrogen-bond donors (Lipinski definition) is 1. The smallest absolute Gasteiger partial charge is 0.170 e. The van der Waals surface area contributed by atoms with Crippen LogP contribution in [0.2, 0.25) is 0 Å². The molecule has 0 atom stereocenters. The van der Waals surface area contributed by atoms with Gasteiger partial charge in [0.2, 0.25) is 0 Å². The summed E-state index contributed by atoms with van der Waals surface area (Å²) in [6.07, 6.45) is 0. The maximum Gasteiger partial charge on any atom is 0.170 e. The van der Waals surface area contributed by atoms with Gasteiger partial charge in [-0.1, -0.05) is 0 Å². The summed E-state index contributed by atoms with van der Waals surface area (Å²) in [5.41, 5.74) is 1.52. The fraction of sp³-hybridized carbons (Fsp3) is 0.200. The lowest BCUT2D eigenvalue weighted by Crippen LogP contribution is -1.96. The molecule has 0 bridgehead atoms. The zero-order valence-corrected chi connectivity index (χ0v) is 10.5. The van der Waals surface area contributed by atoms with E-state index < -0.39 is 0 Å². The Kier molecular flexibility index (Phi) is 3.14. The molecule has 15 heavy (non-hydrogen) atoms. The van der Waals surface area contributed by atoms with Gasteiger partial charge in [0.05, 0.1) is 17.2 Å². The first-order valence-electron chi connectivity index (χ1n) is 4.39. The quantitative estimate of drug-likeness (QED) is 0.922. The van der Waals surface area contributed by atoms with Gasteiger partial charge in [0.25, 0.3) is 0 Å². The lowest BCUT2D eigenvalue weighted by Gasteiger charge is -2.01. The van der Waals surface area contributed by atoms with Crippen LogP contribution in [0.25, 0.3) is 10.7 Å². The third-order valence-electron chi connectivity index (χ3n) is 1.86. The summed E-state index contributed by atoms with van der Waals surface area (Å²) in [4.78, 5) is 9.60. The molecule has 0 amide bonds. The van der Waals surface area contributed by atoms with Crippen molar-refractivity contribution in [3.63, 3.8) is 0 Å². The van der Waals surface area contributed by atoms with Crippen LogP contribution in [0.5, 0.6) is 0 Å². The molecule has 2 rings (SSSR count). The van der Waals surface area contributed by atoms with E-state index in [1.165, 1.54) is 0 Å². The summed E-state index contributed by atoms with van der Waals surface area (Å²) in [5, 5.41) is 11.0. The summed E-state index contributed by atoms with van der Waals surface area (Å²) < 4.78 is 1.03. The number of aliphatic hydroxyl groups excluding tert-OH is 1. The highest BCUT2D eigenvalue weighted by molar-refractivity contribution is 9.10. The number of hydrogen-bond acceptors (Lipinski definition) is 4. The van der Waals surface area contributed by atoms with Crippen molar-refractivity contribution in [1.82, 2.24) is 9.97 Å². The Balaban J connectivity index is 2.48. The van der Waals surface area contributed by atoms with Crippen LogP contribution in [0.4, 0.5) is 0 Å². The van der Waals surface area contributed by atoms with Gasteiger partial charge in [-0.15, -0.1) is 11.3 Å². The average Bonchev–Trinajstić information content (AvgIpc) is 2.64. The maximum atomic E-state index is 9.04. The normalized spacial score (nSPS) is 10.6. The van der Waals surface area contributed by atoms with Crippen molar-refractivity contribution in [3.8, 4) is 10.7 Å². The number of aryl methyl sites for hydroxylation is 1. The van der Waals surface area contributed by atoms with Crippen molar-refractivity contribution < 1.29 is 5.11 Å². The summed E-state index contributed by atoms with van der Waals surface area (Å²) in [7, 11) is 0. The molecule has 0 saturated carbocycles. The standard InChI is InChI=1S/C10H9BrN2OS/c1-6-2-8(4-14)13-10(12-6)9-3-7(11)5-15-9/h2-3,5,14H,4H2,1H3. The van der Waals surface area contributed by atoms with Gasteiger partial charge in [0.1, 0.15) is 0 Å². The monoisotopic (exact) mass is 284 g/mol. The van der Waals surface area contributed by atoms with E-state index in [1.807, 2.05) is 18.4 Å². The molecular formula is C10H9BrN2OS. The van der Waals surface area contributed by atoms with Gasteiger partial charge in [-0.25, -0.2) is 9.97 Å². The summed E-state index contributed by atoms with van der Waals surface area (Å²) >= 11 is 4.97. The second-order valence-corrected chi connectivity index (χ2v) is 4.94. The van der Waals surface area contributed by atoms with Crippen LogP contribution in [-0.4, -0.2) is 15.1 Å². The number of rotatable bonds is 2. The van der Waals surface area contributed by atoms with Crippen LogP contribution >= 0.6 is 27.3 Å². The highest BCUT2D eigenvalue weighted by Crippen LogP contribution is 2.27. The van der Waals surface area contributed by atoms with Crippen LogP contribution in [0, 0.1) is 6.92 Å². The zero-order valence-electron chi connectivity index (χ0n) is 8.07. The molecule has 78 valence electrons. The fourth-order valence-corrected chi connectivity index (χ4v) is 2.62.